The first-order valence-corrected chi connectivity index (χ1v) is 6.68. The van der Waals surface area contributed by atoms with Crippen LogP contribution in [0.5, 0.6) is 0 Å². The van der Waals surface area contributed by atoms with E-state index in [0.29, 0.717) is 12.2 Å². The fraction of sp³-hybridized carbons (Fsp3) is 0.182. The van der Waals surface area contributed by atoms with Gasteiger partial charge in [-0.25, -0.2) is 4.98 Å². The van der Waals surface area contributed by atoms with Gasteiger partial charge in [0.05, 0.1) is 23.3 Å². The highest BCUT2D eigenvalue weighted by molar-refractivity contribution is 9.10. The third kappa shape index (κ3) is 3.23. The summed E-state index contributed by atoms with van der Waals surface area (Å²) in [6.07, 6.45) is -4.36. The van der Waals surface area contributed by atoms with Crippen molar-refractivity contribution in [1.82, 2.24) is 4.98 Å². The van der Waals surface area contributed by atoms with Crippen LogP contribution in [-0.4, -0.2) is 4.98 Å². The summed E-state index contributed by atoms with van der Waals surface area (Å²) in [6.45, 7) is 0.405. The second-order valence-corrected chi connectivity index (χ2v) is 5.10. The first kappa shape index (κ1) is 13.4. The lowest BCUT2D eigenvalue weighted by Crippen LogP contribution is -2.07. The molecule has 0 unspecified atom stereocenters. The number of hydrogen-bond donors (Lipinski definition) is 1. The lowest BCUT2D eigenvalue weighted by atomic mass is 10.2. The van der Waals surface area contributed by atoms with Gasteiger partial charge in [0.25, 0.3) is 0 Å². The summed E-state index contributed by atoms with van der Waals surface area (Å²) in [6, 6.07) is 4.05. The first-order chi connectivity index (χ1) is 8.47. The number of nitrogens with zero attached hydrogens (tertiary/aromatic N) is 1. The van der Waals surface area contributed by atoms with E-state index in [1.165, 1.54) is 17.4 Å². The molecule has 0 aliphatic rings. The molecule has 0 radical (unpaired) electrons. The summed E-state index contributed by atoms with van der Waals surface area (Å²) in [5.41, 5.74) is 2.21. The zero-order chi connectivity index (χ0) is 13.2. The Hall–Kier alpha value is -1.08. The molecule has 0 saturated heterocycles. The molecule has 1 aromatic carbocycles. The largest absolute Gasteiger partial charge is 0.417 e. The number of halogens is 4. The molecule has 7 heteroatoms. The average Bonchev–Trinajstić information content (AvgIpc) is 2.79. The van der Waals surface area contributed by atoms with Crippen molar-refractivity contribution in [2.24, 2.45) is 0 Å². The topological polar surface area (TPSA) is 24.9 Å². The molecule has 2 nitrogen and oxygen atoms in total. The molecular weight excluding hydrogens is 329 g/mol. The Kier molecular flexibility index (Phi) is 3.91. The molecule has 0 atom stereocenters. The van der Waals surface area contributed by atoms with Crippen LogP contribution in [0.2, 0.25) is 0 Å². The highest BCUT2D eigenvalue weighted by Gasteiger charge is 2.33. The van der Waals surface area contributed by atoms with Crippen LogP contribution >= 0.6 is 27.3 Å². The van der Waals surface area contributed by atoms with Crippen molar-refractivity contribution in [1.29, 1.82) is 0 Å². The van der Waals surface area contributed by atoms with E-state index in [2.05, 4.69) is 26.2 Å². The standard InChI is InChI=1S/C11H8BrF3N2S/c12-10-2-1-7(3-9(10)11(13,14)15)16-4-8-5-18-6-17-8/h1-3,5-6,16H,4H2. The van der Waals surface area contributed by atoms with Gasteiger partial charge in [0.1, 0.15) is 0 Å². The lowest BCUT2D eigenvalue weighted by molar-refractivity contribution is -0.138. The van der Waals surface area contributed by atoms with Gasteiger partial charge in [-0.2, -0.15) is 13.2 Å². The SMILES string of the molecule is FC(F)(F)c1cc(NCc2cscn2)ccc1Br. The molecule has 0 saturated carbocycles. The second kappa shape index (κ2) is 5.27. The van der Waals surface area contributed by atoms with Gasteiger partial charge >= 0.3 is 6.18 Å². The van der Waals surface area contributed by atoms with Gasteiger partial charge in [0, 0.05) is 15.5 Å². The monoisotopic (exact) mass is 336 g/mol. The number of anilines is 1. The molecule has 2 rings (SSSR count). The van der Waals surface area contributed by atoms with Crippen LogP contribution in [0, 0.1) is 0 Å². The molecule has 0 aliphatic carbocycles. The van der Waals surface area contributed by atoms with E-state index in [1.54, 1.807) is 11.6 Å². The van der Waals surface area contributed by atoms with Crippen LogP contribution in [0.1, 0.15) is 11.3 Å². The molecule has 0 spiro atoms. The molecule has 1 heterocycles. The highest BCUT2D eigenvalue weighted by atomic mass is 79.9. The number of aromatic nitrogens is 1. The van der Waals surface area contributed by atoms with Gasteiger partial charge in [0.15, 0.2) is 0 Å². The zero-order valence-electron chi connectivity index (χ0n) is 8.96. The van der Waals surface area contributed by atoms with Gasteiger partial charge in [-0.15, -0.1) is 11.3 Å². The van der Waals surface area contributed by atoms with Crippen molar-refractivity contribution in [2.45, 2.75) is 12.7 Å². The van der Waals surface area contributed by atoms with Crippen LogP contribution in [0.25, 0.3) is 0 Å². The van der Waals surface area contributed by atoms with E-state index < -0.39 is 11.7 Å². The van der Waals surface area contributed by atoms with Gasteiger partial charge in [0.2, 0.25) is 0 Å². The minimum Gasteiger partial charge on any atom is -0.379 e. The van der Waals surface area contributed by atoms with Crippen molar-refractivity contribution in [3.05, 3.63) is 44.8 Å². The molecule has 0 aliphatic heterocycles. The summed E-state index contributed by atoms with van der Waals surface area (Å²) < 4.78 is 38.1. The quantitative estimate of drug-likeness (QED) is 0.890. The van der Waals surface area contributed by atoms with Gasteiger partial charge in [-0.3, -0.25) is 0 Å². The van der Waals surface area contributed by atoms with Gasteiger partial charge in [-0.1, -0.05) is 15.9 Å². The van der Waals surface area contributed by atoms with E-state index in [-0.39, 0.29) is 4.47 Å². The molecule has 0 fully saturated rings. The predicted octanol–water partition coefficient (Wildman–Crippen LogP) is 4.54. The normalized spacial score (nSPS) is 11.6. The van der Waals surface area contributed by atoms with E-state index in [4.69, 9.17) is 0 Å². The number of hydrogen-bond acceptors (Lipinski definition) is 3. The van der Waals surface area contributed by atoms with Crippen molar-refractivity contribution in [3.63, 3.8) is 0 Å². The third-order valence-corrected chi connectivity index (χ3v) is 3.56. The number of rotatable bonds is 3. The van der Waals surface area contributed by atoms with Crippen LogP contribution in [-0.2, 0) is 12.7 Å². The second-order valence-electron chi connectivity index (χ2n) is 3.53. The van der Waals surface area contributed by atoms with Gasteiger partial charge < -0.3 is 5.32 Å². The molecule has 18 heavy (non-hydrogen) atoms. The smallest absolute Gasteiger partial charge is 0.379 e. The van der Waals surface area contributed by atoms with Crippen LogP contribution in [0.15, 0.2) is 33.6 Å². The molecule has 0 amide bonds. The highest BCUT2D eigenvalue weighted by Crippen LogP contribution is 2.36. The Bertz CT molecular complexity index is 526. The first-order valence-electron chi connectivity index (χ1n) is 4.94. The van der Waals surface area contributed by atoms with E-state index in [1.807, 2.05) is 5.38 Å². The molecule has 1 N–H and O–H groups in total. The van der Waals surface area contributed by atoms with Crippen molar-refractivity contribution >= 4 is 33.0 Å². The minimum atomic E-state index is -4.36. The van der Waals surface area contributed by atoms with Crippen molar-refractivity contribution < 1.29 is 13.2 Å². The summed E-state index contributed by atoms with van der Waals surface area (Å²) >= 11 is 4.34. The van der Waals surface area contributed by atoms with Crippen LogP contribution in [0.4, 0.5) is 18.9 Å². The summed E-state index contributed by atoms with van der Waals surface area (Å²) in [7, 11) is 0. The predicted molar refractivity (Wildman–Crippen MR) is 68.6 cm³/mol. The third-order valence-electron chi connectivity index (χ3n) is 2.23. The number of alkyl halides is 3. The Morgan fingerprint density at radius 2 is 2.11 bits per heavy atom. The van der Waals surface area contributed by atoms with Crippen molar-refractivity contribution in [3.8, 4) is 0 Å². The maximum Gasteiger partial charge on any atom is 0.417 e. The summed E-state index contributed by atoms with van der Waals surface area (Å²) in [4.78, 5) is 4.04. The molecule has 0 bridgehead atoms. The molecule has 96 valence electrons. The molecule has 1 aromatic heterocycles. The Morgan fingerprint density at radius 3 is 2.72 bits per heavy atom. The van der Waals surface area contributed by atoms with E-state index in [9.17, 15) is 13.2 Å². The van der Waals surface area contributed by atoms with Gasteiger partial charge in [-0.05, 0) is 18.2 Å². The summed E-state index contributed by atoms with van der Waals surface area (Å²) in [5, 5.41) is 4.75. The number of benzene rings is 1. The lowest BCUT2D eigenvalue weighted by Gasteiger charge is -2.12. The number of thiazole rings is 1. The summed E-state index contributed by atoms with van der Waals surface area (Å²) in [5.74, 6) is 0. The number of nitrogens with one attached hydrogen (secondary N) is 1. The van der Waals surface area contributed by atoms with Crippen LogP contribution in [0.3, 0.4) is 0 Å². The maximum atomic E-state index is 12.7. The van der Waals surface area contributed by atoms with E-state index >= 15 is 0 Å². The Balaban J connectivity index is 2.15. The zero-order valence-corrected chi connectivity index (χ0v) is 11.4. The Morgan fingerprint density at radius 1 is 1.33 bits per heavy atom. The molecule has 2 aromatic rings. The van der Waals surface area contributed by atoms with Crippen molar-refractivity contribution in [2.75, 3.05) is 5.32 Å². The van der Waals surface area contributed by atoms with E-state index in [0.717, 1.165) is 11.8 Å². The minimum absolute atomic E-state index is 0.0363. The molecular formula is C11H8BrF3N2S. The average molecular weight is 337 g/mol. The van der Waals surface area contributed by atoms with Crippen LogP contribution < -0.4 is 5.32 Å². The fourth-order valence-corrected chi connectivity index (χ4v) is 2.40. The fourth-order valence-electron chi connectivity index (χ4n) is 1.37. The maximum absolute atomic E-state index is 12.7. The Labute approximate surface area is 114 Å².